The van der Waals surface area contributed by atoms with Crippen molar-refractivity contribution in [1.29, 1.82) is 0 Å². The first-order valence-corrected chi connectivity index (χ1v) is 12.5. The molecule has 0 heterocycles. The van der Waals surface area contributed by atoms with E-state index in [1.807, 2.05) is 0 Å². The van der Waals surface area contributed by atoms with E-state index in [1.165, 1.54) is 48.5 Å². The Balaban J connectivity index is 2.00. The molecule has 0 bridgehead atoms. The maximum absolute atomic E-state index is 12.3. The van der Waals surface area contributed by atoms with Gasteiger partial charge in [-0.05, 0) is 0 Å². The van der Waals surface area contributed by atoms with Crippen LogP contribution in [0.15, 0.2) is 48.5 Å². The molecule has 2 nitrogen and oxygen atoms in total. The topological polar surface area (TPSA) is 34.1 Å². The molecule has 0 atom stereocenters. The van der Waals surface area contributed by atoms with Gasteiger partial charge in [-0.1, -0.05) is 0 Å². The summed E-state index contributed by atoms with van der Waals surface area (Å²) in [4.78, 5) is 0. The quantitative estimate of drug-likeness (QED) is 0.417. The minimum absolute atomic E-state index is 0.0956. The van der Waals surface area contributed by atoms with Gasteiger partial charge in [-0.3, -0.25) is 0 Å². The Morgan fingerprint density at radius 1 is 0.630 bits per heavy atom. The number of alkyl halides is 6. The van der Waals surface area contributed by atoms with Gasteiger partial charge in [-0.15, -0.1) is 0 Å². The normalized spacial score (nSPS) is 13.0. The average Bonchev–Trinajstić information content (AvgIpc) is 2.48. The molecule has 0 saturated carbocycles. The second-order valence-electron chi connectivity index (χ2n) is 5.42. The molecule has 0 radical (unpaired) electrons. The summed E-state index contributed by atoms with van der Waals surface area (Å²) >= 11 is -3.38. The Kier molecular flexibility index (Phi) is 7.08. The molecule has 0 N–H and O–H groups in total. The van der Waals surface area contributed by atoms with Gasteiger partial charge in [-0.2, -0.15) is 0 Å². The van der Waals surface area contributed by atoms with Crippen molar-refractivity contribution < 1.29 is 34.8 Å². The predicted octanol–water partition coefficient (Wildman–Crippen LogP) is 2.50. The Morgan fingerprint density at radius 3 is 1.19 bits per heavy atom. The van der Waals surface area contributed by atoms with Gasteiger partial charge in [0.2, 0.25) is 0 Å². The van der Waals surface area contributed by atoms with Gasteiger partial charge in [0.1, 0.15) is 0 Å². The van der Waals surface area contributed by atoms with Crippen LogP contribution >= 0.6 is 0 Å². The van der Waals surface area contributed by atoms with Gasteiger partial charge in [0.15, 0.2) is 0 Å². The monoisotopic (exact) mass is 542 g/mol. The zero-order chi connectivity index (χ0) is 20.3. The second kappa shape index (κ2) is 8.57. The van der Waals surface area contributed by atoms with Gasteiger partial charge in [0, 0.05) is 0 Å². The SMILES string of the molecule is O=S(=O)(Cc1ccc([Se]C(F)(F)F)cc1)Cc1ccc([Se]C(F)(F)F)cc1. The standard InChI is InChI=1S/C16H12F6O2SSe2/c17-15(18,19)26-13-5-1-11(2-6-13)9-25(23,24)10-12-3-7-14(8-4-12)27-16(20,21)22/h1-8H,9-10H2. The van der Waals surface area contributed by atoms with Gasteiger partial charge in [-0.25, -0.2) is 0 Å². The number of rotatable bonds is 6. The predicted molar refractivity (Wildman–Crippen MR) is 92.1 cm³/mol. The Morgan fingerprint density at radius 2 is 0.926 bits per heavy atom. The third-order valence-corrected chi connectivity index (χ3v) is 7.74. The molecule has 0 aliphatic heterocycles. The van der Waals surface area contributed by atoms with Crippen LogP contribution in [0.25, 0.3) is 0 Å². The van der Waals surface area contributed by atoms with E-state index >= 15 is 0 Å². The number of hydrogen-bond donors (Lipinski definition) is 0. The molecule has 148 valence electrons. The van der Waals surface area contributed by atoms with E-state index in [0.29, 0.717) is 11.1 Å². The summed E-state index contributed by atoms with van der Waals surface area (Å²) in [5, 5.41) is -8.56. The van der Waals surface area contributed by atoms with Crippen LogP contribution in [-0.4, -0.2) is 48.5 Å². The second-order valence-corrected chi connectivity index (χ2v) is 12.3. The first-order chi connectivity index (χ1) is 12.3. The fraction of sp³-hybridized carbons (Fsp3) is 0.250. The molecule has 0 saturated heterocycles. The van der Waals surface area contributed by atoms with E-state index < -0.39 is 49.9 Å². The van der Waals surface area contributed by atoms with Crippen molar-refractivity contribution in [2.75, 3.05) is 0 Å². The van der Waals surface area contributed by atoms with Crippen LogP contribution in [-0.2, 0) is 21.3 Å². The molecule has 0 aliphatic carbocycles. The molecular weight excluding hydrogens is 528 g/mol. The number of hydrogen-bond acceptors (Lipinski definition) is 2. The van der Waals surface area contributed by atoms with Crippen LogP contribution in [0.4, 0.5) is 26.3 Å². The summed E-state index contributed by atoms with van der Waals surface area (Å²) in [6.07, 6.45) is 0. The van der Waals surface area contributed by atoms with Crippen LogP contribution in [0, 0.1) is 0 Å². The van der Waals surface area contributed by atoms with Crippen LogP contribution in [0.1, 0.15) is 11.1 Å². The van der Waals surface area contributed by atoms with E-state index in [9.17, 15) is 34.8 Å². The fourth-order valence-corrected chi connectivity index (χ4v) is 5.90. The van der Waals surface area contributed by atoms with Crippen LogP contribution in [0.3, 0.4) is 0 Å². The molecular formula is C16H12F6O2SSe2. The van der Waals surface area contributed by atoms with Crippen molar-refractivity contribution in [2.24, 2.45) is 0 Å². The molecule has 2 aromatic carbocycles. The van der Waals surface area contributed by atoms with Gasteiger partial charge >= 0.3 is 165 Å². The van der Waals surface area contributed by atoms with Gasteiger partial charge < -0.3 is 0 Å². The zero-order valence-electron chi connectivity index (χ0n) is 13.3. The molecule has 27 heavy (non-hydrogen) atoms. The molecule has 0 aliphatic rings. The summed E-state index contributed by atoms with van der Waals surface area (Å²) < 4.78 is 98.8. The van der Waals surface area contributed by atoms with Crippen molar-refractivity contribution >= 4 is 48.7 Å². The van der Waals surface area contributed by atoms with Crippen molar-refractivity contribution in [3.63, 3.8) is 0 Å². The molecule has 0 unspecified atom stereocenters. The third-order valence-electron chi connectivity index (χ3n) is 3.09. The summed E-state index contributed by atoms with van der Waals surface area (Å²) in [6.45, 7) is 0. The first-order valence-electron chi connectivity index (χ1n) is 7.21. The van der Waals surface area contributed by atoms with Crippen LogP contribution in [0.5, 0.6) is 0 Å². The van der Waals surface area contributed by atoms with Gasteiger partial charge in [0.25, 0.3) is 0 Å². The van der Waals surface area contributed by atoms with Crippen molar-refractivity contribution in [2.45, 2.75) is 21.7 Å². The van der Waals surface area contributed by atoms with E-state index in [0.717, 1.165) is 0 Å². The van der Waals surface area contributed by atoms with Crippen molar-refractivity contribution in [3.8, 4) is 0 Å². The Bertz CT molecular complexity index is 792. The summed E-state index contributed by atoms with van der Waals surface area (Å²) in [7, 11) is -3.62. The minimum atomic E-state index is -4.28. The molecule has 0 aromatic heterocycles. The van der Waals surface area contributed by atoms with Crippen LogP contribution < -0.4 is 8.92 Å². The summed E-state index contributed by atoms with van der Waals surface area (Å²) in [5.41, 5.74) is 0.711. The number of sulfone groups is 1. The van der Waals surface area contributed by atoms with Gasteiger partial charge in [0.05, 0.1) is 0 Å². The van der Waals surface area contributed by atoms with Crippen LogP contribution in [0.2, 0.25) is 0 Å². The molecule has 2 aromatic rings. The van der Waals surface area contributed by atoms with Crippen molar-refractivity contribution in [1.82, 2.24) is 0 Å². The fourth-order valence-electron chi connectivity index (χ4n) is 2.13. The van der Waals surface area contributed by atoms with E-state index in [-0.39, 0.29) is 20.4 Å². The zero-order valence-corrected chi connectivity index (χ0v) is 17.6. The van der Waals surface area contributed by atoms with E-state index in [1.54, 1.807) is 0 Å². The molecule has 11 heteroatoms. The van der Waals surface area contributed by atoms with E-state index in [2.05, 4.69) is 0 Å². The first kappa shape index (κ1) is 22.3. The molecule has 0 spiro atoms. The molecule has 2 rings (SSSR count). The summed E-state index contributed by atoms with van der Waals surface area (Å²) in [6, 6.07) is 10.4. The summed E-state index contributed by atoms with van der Waals surface area (Å²) in [5.74, 6) is -0.721. The van der Waals surface area contributed by atoms with Crippen molar-refractivity contribution in [3.05, 3.63) is 59.7 Å². The number of benzene rings is 2. The Hall–Kier alpha value is -0.991. The Labute approximate surface area is 164 Å². The molecule has 0 amide bonds. The third kappa shape index (κ3) is 8.70. The maximum atomic E-state index is 12.3. The van der Waals surface area contributed by atoms with E-state index in [4.69, 9.17) is 0 Å². The average molecular weight is 540 g/mol. The number of halogens is 6. The molecule has 0 fully saturated rings.